The number of unbranched alkanes of at least 4 members (excludes halogenated alkanes) is 6. The van der Waals surface area contributed by atoms with Gasteiger partial charge in [-0.05, 0) is 26.2 Å². The van der Waals surface area contributed by atoms with Gasteiger partial charge < -0.3 is 10.4 Å². The van der Waals surface area contributed by atoms with E-state index >= 15 is 0 Å². The van der Waals surface area contributed by atoms with Crippen molar-refractivity contribution in [2.24, 2.45) is 0 Å². The summed E-state index contributed by atoms with van der Waals surface area (Å²) in [5, 5.41) is 11.1. The van der Waals surface area contributed by atoms with Crippen molar-refractivity contribution in [3.05, 3.63) is 24.4 Å². The number of allylic oxidation sites excluding steroid dienone is 2. The van der Waals surface area contributed by atoms with Crippen molar-refractivity contribution < 1.29 is 14.7 Å². The molecule has 0 aliphatic rings. The summed E-state index contributed by atoms with van der Waals surface area (Å²) in [6.45, 7) is 5.27. The molecule has 0 aromatic carbocycles. The Balaban J connectivity index is 3.53. The molecule has 0 aliphatic carbocycles. The molecule has 4 nitrogen and oxygen atoms in total. The Bertz CT molecular complexity index is 321. The van der Waals surface area contributed by atoms with Crippen LogP contribution in [-0.4, -0.2) is 17.0 Å². The number of amides is 1. The first-order chi connectivity index (χ1) is 9.11. The number of carboxylic acids is 1. The first-order valence-corrected chi connectivity index (χ1v) is 6.92. The van der Waals surface area contributed by atoms with E-state index in [1.165, 1.54) is 25.3 Å². The summed E-state index contributed by atoms with van der Waals surface area (Å²) in [5.41, 5.74) is -0.0468. The van der Waals surface area contributed by atoms with Crippen molar-refractivity contribution in [2.75, 3.05) is 0 Å². The molecule has 0 bridgehead atoms. The normalized spacial score (nSPS) is 11.1. The predicted octanol–water partition coefficient (Wildman–Crippen LogP) is 3.40. The Morgan fingerprint density at radius 3 is 2.21 bits per heavy atom. The third-order valence-electron chi connectivity index (χ3n) is 2.86. The van der Waals surface area contributed by atoms with Gasteiger partial charge in [0.1, 0.15) is 5.70 Å². The summed E-state index contributed by atoms with van der Waals surface area (Å²) in [6.07, 6.45) is 11.3. The second kappa shape index (κ2) is 11.5. The molecule has 0 rings (SSSR count). The number of nitrogens with one attached hydrogen (secondary N) is 1. The van der Waals surface area contributed by atoms with Crippen LogP contribution in [0.4, 0.5) is 0 Å². The van der Waals surface area contributed by atoms with Crippen LogP contribution in [0.2, 0.25) is 0 Å². The second-order valence-corrected chi connectivity index (χ2v) is 4.50. The second-order valence-electron chi connectivity index (χ2n) is 4.50. The maximum atomic E-state index is 11.5. The molecule has 0 saturated carbocycles. The number of carboxylic acid groups (broad SMARTS) is 1. The Labute approximate surface area is 115 Å². The van der Waals surface area contributed by atoms with Gasteiger partial charge in [-0.3, -0.25) is 4.79 Å². The first-order valence-electron chi connectivity index (χ1n) is 6.92. The fraction of sp³-hybridized carbons (Fsp3) is 0.600. The van der Waals surface area contributed by atoms with Crippen LogP contribution < -0.4 is 5.32 Å². The smallest absolute Gasteiger partial charge is 0.352 e. The molecular weight excluding hydrogens is 242 g/mol. The fourth-order valence-corrected chi connectivity index (χ4v) is 1.74. The molecule has 2 N–H and O–H groups in total. The third-order valence-corrected chi connectivity index (χ3v) is 2.86. The number of hydrogen-bond acceptors (Lipinski definition) is 2. The lowest BCUT2D eigenvalue weighted by Crippen LogP contribution is -2.26. The highest BCUT2D eigenvalue weighted by molar-refractivity contribution is 5.92. The Kier molecular flexibility index (Phi) is 10.6. The van der Waals surface area contributed by atoms with E-state index < -0.39 is 5.97 Å². The Hall–Kier alpha value is -1.58. The molecule has 0 aromatic heterocycles. The highest BCUT2D eigenvalue weighted by atomic mass is 16.4. The maximum Gasteiger partial charge on any atom is 0.352 e. The lowest BCUT2D eigenvalue weighted by atomic mass is 10.1. The Morgan fingerprint density at radius 2 is 1.68 bits per heavy atom. The molecule has 4 heteroatoms. The summed E-state index contributed by atoms with van der Waals surface area (Å²) >= 11 is 0. The van der Waals surface area contributed by atoms with Crippen LogP contribution in [0.15, 0.2) is 24.4 Å². The summed E-state index contributed by atoms with van der Waals surface area (Å²) in [5.74, 6) is -1.32. The molecule has 0 radical (unpaired) electrons. The van der Waals surface area contributed by atoms with Crippen molar-refractivity contribution in [3.63, 3.8) is 0 Å². The standard InChI is InChI=1S/C15H25NO3/c1-3-5-6-7-8-9-10-11-12-14(17)16-13(4-2)15(18)19/h3-4H,1,5-12H2,2H3,(H,16,17)(H,18,19)/b13-4-. The SMILES string of the molecule is C=CCCCCCCCCC(=O)N/C(=C\C)C(=O)O. The summed E-state index contributed by atoms with van der Waals surface area (Å²) in [6, 6.07) is 0. The van der Waals surface area contributed by atoms with Gasteiger partial charge in [0.15, 0.2) is 0 Å². The van der Waals surface area contributed by atoms with E-state index in [1.54, 1.807) is 6.92 Å². The number of rotatable bonds is 11. The lowest BCUT2D eigenvalue weighted by molar-refractivity contribution is -0.134. The highest BCUT2D eigenvalue weighted by Gasteiger charge is 2.09. The van der Waals surface area contributed by atoms with E-state index in [4.69, 9.17) is 5.11 Å². The van der Waals surface area contributed by atoms with Gasteiger partial charge in [-0.2, -0.15) is 0 Å². The van der Waals surface area contributed by atoms with Crippen LogP contribution in [-0.2, 0) is 9.59 Å². The van der Waals surface area contributed by atoms with Crippen molar-refractivity contribution in [1.82, 2.24) is 5.32 Å². The molecule has 108 valence electrons. The van der Waals surface area contributed by atoms with E-state index in [0.717, 1.165) is 25.7 Å². The van der Waals surface area contributed by atoms with Gasteiger partial charge in [0.05, 0.1) is 0 Å². The molecule has 19 heavy (non-hydrogen) atoms. The quantitative estimate of drug-likeness (QED) is 0.342. The predicted molar refractivity (Wildman–Crippen MR) is 76.7 cm³/mol. The molecule has 0 unspecified atom stereocenters. The molecule has 0 aliphatic heterocycles. The number of carbonyl (C=O) groups excluding carboxylic acids is 1. The van der Waals surface area contributed by atoms with E-state index in [-0.39, 0.29) is 11.6 Å². The molecule has 0 saturated heterocycles. The minimum absolute atomic E-state index is 0.0468. The van der Waals surface area contributed by atoms with Crippen molar-refractivity contribution in [2.45, 2.75) is 58.3 Å². The van der Waals surface area contributed by atoms with Crippen LogP contribution in [0.3, 0.4) is 0 Å². The fourth-order valence-electron chi connectivity index (χ4n) is 1.74. The van der Waals surface area contributed by atoms with E-state index in [1.807, 2.05) is 6.08 Å². The van der Waals surface area contributed by atoms with E-state index in [2.05, 4.69) is 11.9 Å². The molecule has 0 heterocycles. The monoisotopic (exact) mass is 267 g/mol. The first kappa shape index (κ1) is 17.4. The van der Waals surface area contributed by atoms with Crippen molar-refractivity contribution in [3.8, 4) is 0 Å². The zero-order valence-electron chi connectivity index (χ0n) is 11.8. The number of hydrogen-bond donors (Lipinski definition) is 2. The minimum Gasteiger partial charge on any atom is -0.477 e. The molecule has 1 amide bonds. The van der Waals surface area contributed by atoms with Gasteiger partial charge in [-0.15, -0.1) is 6.58 Å². The zero-order valence-corrected chi connectivity index (χ0v) is 11.8. The highest BCUT2D eigenvalue weighted by Crippen LogP contribution is 2.08. The zero-order chi connectivity index (χ0) is 14.5. The summed E-state index contributed by atoms with van der Waals surface area (Å²) in [4.78, 5) is 22.1. The van der Waals surface area contributed by atoms with Gasteiger partial charge >= 0.3 is 5.97 Å². The molecular formula is C15H25NO3. The average molecular weight is 267 g/mol. The third kappa shape index (κ3) is 10.1. The van der Waals surface area contributed by atoms with Gasteiger partial charge in [-0.1, -0.05) is 37.8 Å². The van der Waals surface area contributed by atoms with Crippen LogP contribution in [0.5, 0.6) is 0 Å². The van der Waals surface area contributed by atoms with Crippen LogP contribution in [0, 0.1) is 0 Å². The average Bonchev–Trinajstić information content (AvgIpc) is 2.38. The maximum absolute atomic E-state index is 11.5. The molecule has 0 aromatic rings. The van der Waals surface area contributed by atoms with Gasteiger partial charge in [-0.25, -0.2) is 4.79 Å². The summed E-state index contributed by atoms with van der Waals surface area (Å²) < 4.78 is 0. The minimum atomic E-state index is -1.10. The largest absolute Gasteiger partial charge is 0.477 e. The lowest BCUT2D eigenvalue weighted by Gasteiger charge is -2.05. The van der Waals surface area contributed by atoms with Crippen molar-refractivity contribution >= 4 is 11.9 Å². The van der Waals surface area contributed by atoms with Gasteiger partial charge in [0.25, 0.3) is 0 Å². The van der Waals surface area contributed by atoms with Crippen molar-refractivity contribution in [1.29, 1.82) is 0 Å². The molecule has 0 fully saturated rings. The molecule has 0 spiro atoms. The summed E-state index contributed by atoms with van der Waals surface area (Å²) in [7, 11) is 0. The Morgan fingerprint density at radius 1 is 1.11 bits per heavy atom. The van der Waals surface area contributed by atoms with Crippen LogP contribution >= 0.6 is 0 Å². The van der Waals surface area contributed by atoms with Gasteiger partial charge in [0, 0.05) is 6.42 Å². The van der Waals surface area contributed by atoms with Crippen LogP contribution in [0.1, 0.15) is 58.3 Å². The topological polar surface area (TPSA) is 66.4 Å². The van der Waals surface area contributed by atoms with Crippen LogP contribution in [0.25, 0.3) is 0 Å². The molecule has 0 atom stereocenters. The number of carbonyl (C=O) groups is 2. The number of aliphatic carboxylic acids is 1. The van der Waals surface area contributed by atoms with E-state index in [9.17, 15) is 9.59 Å². The van der Waals surface area contributed by atoms with Gasteiger partial charge in [0.2, 0.25) is 5.91 Å². The van der Waals surface area contributed by atoms with E-state index in [0.29, 0.717) is 6.42 Å².